The van der Waals surface area contributed by atoms with Gasteiger partial charge in [0.05, 0.1) is 23.8 Å². The van der Waals surface area contributed by atoms with Crippen molar-refractivity contribution in [2.75, 3.05) is 32.9 Å². The first-order valence-electron chi connectivity index (χ1n) is 10.0. The molecule has 0 saturated carbocycles. The molecule has 10 heteroatoms. The van der Waals surface area contributed by atoms with Crippen molar-refractivity contribution in [3.63, 3.8) is 0 Å². The minimum absolute atomic E-state index is 0.00113. The fourth-order valence-electron chi connectivity index (χ4n) is 3.54. The Hall–Kier alpha value is -2.46. The molecule has 0 N–H and O–H groups in total. The number of benzene rings is 1. The summed E-state index contributed by atoms with van der Waals surface area (Å²) >= 11 is 6.12. The molecular formula is C22H25ClN2O6S. The van der Waals surface area contributed by atoms with Crippen molar-refractivity contribution in [3.05, 3.63) is 64.5 Å². The van der Waals surface area contributed by atoms with Crippen LogP contribution in [-0.4, -0.2) is 62.0 Å². The summed E-state index contributed by atoms with van der Waals surface area (Å²) in [6.07, 6.45) is 1.73. The Bertz CT molecular complexity index is 1150. The van der Waals surface area contributed by atoms with Crippen LogP contribution < -0.4 is 0 Å². The Labute approximate surface area is 192 Å². The van der Waals surface area contributed by atoms with Gasteiger partial charge in [-0.1, -0.05) is 17.7 Å². The van der Waals surface area contributed by atoms with Crippen LogP contribution in [0, 0.1) is 13.8 Å². The van der Waals surface area contributed by atoms with Crippen molar-refractivity contribution in [2.24, 2.45) is 0 Å². The number of aromatic nitrogens is 1. The van der Waals surface area contributed by atoms with E-state index in [0.717, 1.165) is 11.4 Å². The van der Waals surface area contributed by atoms with Crippen molar-refractivity contribution < 1.29 is 27.5 Å². The van der Waals surface area contributed by atoms with Crippen LogP contribution >= 0.6 is 11.6 Å². The molecule has 172 valence electrons. The summed E-state index contributed by atoms with van der Waals surface area (Å²) in [6.45, 7) is 8.47. The van der Waals surface area contributed by atoms with Gasteiger partial charge in [0.1, 0.15) is 4.90 Å². The Morgan fingerprint density at radius 3 is 2.56 bits per heavy atom. The molecule has 32 heavy (non-hydrogen) atoms. The molecule has 0 bridgehead atoms. The number of carbonyl (C=O) groups excluding carboxylic acids is 2. The molecule has 0 unspecified atom stereocenters. The van der Waals surface area contributed by atoms with Crippen LogP contribution in [-0.2, 0) is 26.0 Å². The molecule has 2 aromatic rings. The quantitative estimate of drug-likeness (QED) is 0.327. The highest BCUT2D eigenvalue weighted by molar-refractivity contribution is 7.89. The molecule has 0 aliphatic carbocycles. The summed E-state index contributed by atoms with van der Waals surface area (Å²) in [5.74, 6) is -1.16. The van der Waals surface area contributed by atoms with Gasteiger partial charge in [-0.05, 0) is 38.1 Å². The highest BCUT2D eigenvalue weighted by atomic mass is 35.5. The van der Waals surface area contributed by atoms with Gasteiger partial charge in [0.15, 0.2) is 6.61 Å². The van der Waals surface area contributed by atoms with Gasteiger partial charge >= 0.3 is 5.97 Å². The number of morpholine rings is 1. The van der Waals surface area contributed by atoms with Crippen LogP contribution in [0.15, 0.2) is 41.8 Å². The minimum Gasteiger partial charge on any atom is -0.454 e. The number of hydrogen-bond acceptors (Lipinski definition) is 6. The number of allylic oxidation sites excluding steroid dienone is 1. The second-order valence-electron chi connectivity index (χ2n) is 7.35. The Balaban J connectivity index is 1.75. The van der Waals surface area contributed by atoms with Crippen molar-refractivity contribution in [2.45, 2.75) is 25.3 Å². The van der Waals surface area contributed by atoms with E-state index in [1.165, 1.54) is 22.5 Å². The van der Waals surface area contributed by atoms with Gasteiger partial charge in [-0.25, -0.2) is 13.2 Å². The number of carbonyl (C=O) groups is 2. The van der Waals surface area contributed by atoms with Crippen LogP contribution in [0.5, 0.6) is 0 Å². The van der Waals surface area contributed by atoms with E-state index in [2.05, 4.69) is 6.58 Å². The maximum atomic E-state index is 12.9. The number of nitrogens with zero attached hydrogens (tertiary/aromatic N) is 2. The number of hydrogen-bond donors (Lipinski definition) is 0. The number of Topliss-reactive ketones (excluding diaryl/α,β-unsaturated/α-hetero) is 1. The number of sulfonamides is 1. The van der Waals surface area contributed by atoms with Crippen molar-refractivity contribution in [1.29, 1.82) is 0 Å². The van der Waals surface area contributed by atoms with Crippen LogP contribution in [0.3, 0.4) is 0 Å². The smallest absolute Gasteiger partial charge is 0.338 e. The van der Waals surface area contributed by atoms with Gasteiger partial charge in [-0.3, -0.25) is 4.79 Å². The average Bonchev–Trinajstić information content (AvgIpc) is 3.06. The molecule has 1 fully saturated rings. The normalized spacial score (nSPS) is 14.8. The molecule has 1 saturated heterocycles. The number of halogens is 1. The van der Waals surface area contributed by atoms with E-state index in [-0.39, 0.29) is 47.6 Å². The Morgan fingerprint density at radius 2 is 1.91 bits per heavy atom. The zero-order valence-corrected chi connectivity index (χ0v) is 19.5. The Kier molecular flexibility index (Phi) is 7.55. The van der Waals surface area contributed by atoms with E-state index in [1.807, 2.05) is 18.4 Å². The maximum absolute atomic E-state index is 12.9. The predicted molar refractivity (Wildman–Crippen MR) is 120 cm³/mol. The first kappa shape index (κ1) is 24.2. The highest BCUT2D eigenvalue weighted by Crippen LogP contribution is 2.27. The molecule has 1 aliphatic heterocycles. The predicted octanol–water partition coefficient (Wildman–Crippen LogP) is 3.00. The third kappa shape index (κ3) is 4.96. The minimum atomic E-state index is -3.90. The van der Waals surface area contributed by atoms with Gasteiger partial charge in [0.25, 0.3) is 0 Å². The maximum Gasteiger partial charge on any atom is 0.338 e. The third-order valence-electron chi connectivity index (χ3n) is 5.27. The van der Waals surface area contributed by atoms with Crippen LogP contribution in [0.4, 0.5) is 0 Å². The van der Waals surface area contributed by atoms with Gasteiger partial charge in [-0.15, -0.1) is 6.58 Å². The molecule has 2 heterocycles. The average molecular weight is 481 g/mol. The van der Waals surface area contributed by atoms with Crippen molar-refractivity contribution in [3.8, 4) is 0 Å². The molecule has 0 spiro atoms. The third-order valence-corrected chi connectivity index (χ3v) is 7.66. The number of aryl methyl sites for hydroxylation is 1. The number of rotatable bonds is 8. The van der Waals surface area contributed by atoms with Crippen LogP contribution in [0.25, 0.3) is 0 Å². The van der Waals surface area contributed by atoms with Gasteiger partial charge in [-0.2, -0.15) is 4.31 Å². The zero-order chi connectivity index (χ0) is 23.5. The summed E-state index contributed by atoms with van der Waals surface area (Å²) in [5.41, 5.74) is 2.11. The highest BCUT2D eigenvalue weighted by Gasteiger charge is 2.29. The second kappa shape index (κ2) is 9.99. The van der Waals surface area contributed by atoms with Crippen LogP contribution in [0.1, 0.15) is 32.1 Å². The molecule has 1 aromatic carbocycles. The van der Waals surface area contributed by atoms with E-state index >= 15 is 0 Å². The molecule has 0 atom stereocenters. The number of ketones is 1. The largest absolute Gasteiger partial charge is 0.454 e. The standard InChI is InChI=1S/C22H25ClN2O6S/c1-4-7-25-15(2)12-18(16(25)3)20(26)14-31-22(27)17-5-6-19(23)21(13-17)32(28,29)24-8-10-30-11-9-24/h4-6,12-13H,1,7-11,14H2,2-3H3. The molecule has 8 nitrogen and oxygen atoms in total. The first-order chi connectivity index (χ1) is 15.2. The van der Waals surface area contributed by atoms with E-state index in [1.54, 1.807) is 12.1 Å². The SMILES string of the molecule is C=CCn1c(C)cc(C(=O)COC(=O)c2ccc(Cl)c(S(=O)(=O)N3CCOCC3)c2)c1C. The lowest BCUT2D eigenvalue weighted by Gasteiger charge is -2.26. The van der Waals surface area contributed by atoms with E-state index in [4.69, 9.17) is 21.1 Å². The molecule has 3 rings (SSSR count). The fourth-order valence-corrected chi connectivity index (χ4v) is 5.45. The van der Waals surface area contributed by atoms with Crippen LogP contribution in [0.2, 0.25) is 5.02 Å². The summed E-state index contributed by atoms with van der Waals surface area (Å²) in [7, 11) is -3.90. The lowest BCUT2D eigenvalue weighted by Crippen LogP contribution is -2.40. The van der Waals surface area contributed by atoms with Crippen molar-refractivity contribution >= 4 is 33.4 Å². The topological polar surface area (TPSA) is 94.9 Å². The lowest BCUT2D eigenvalue weighted by atomic mass is 10.1. The monoisotopic (exact) mass is 480 g/mol. The number of esters is 1. The molecule has 1 aliphatic rings. The van der Waals surface area contributed by atoms with E-state index < -0.39 is 22.6 Å². The fraction of sp³-hybridized carbons (Fsp3) is 0.364. The number of ether oxygens (including phenoxy) is 2. The van der Waals surface area contributed by atoms with Gasteiger partial charge < -0.3 is 14.0 Å². The summed E-state index contributed by atoms with van der Waals surface area (Å²) < 4.78 is 39.4. The Morgan fingerprint density at radius 1 is 1.22 bits per heavy atom. The summed E-state index contributed by atoms with van der Waals surface area (Å²) in [4.78, 5) is 25.0. The molecule has 0 radical (unpaired) electrons. The zero-order valence-electron chi connectivity index (χ0n) is 18.0. The summed E-state index contributed by atoms with van der Waals surface area (Å²) in [6, 6.07) is 5.61. The first-order valence-corrected chi connectivity index (χ1v) is 11.8. The van der Waals surface area contributed by atoms with Gasteiger partial charge in [0, 0.05) is 36.6 Å². The summed E-state index contributed by atoms with van der Waals surface area (Å²) in [5, 5.41) is -0.00113. The van der Waals surface area contributed by atoms with E-state index in [9.17, 15) is 18.0 Å². The molecule has 0 amide bonds. The molecular weight excluding hydrogens is 456 g/mol. The van der Waals surface area contributed by atoms with Crippen molar-refractivity contribution in [1.82, 2.24) is 8.87 Å². The van der Waals surface area contributed by atoms with Gasteiger partial charge in [0.2, 0.25) is 15.8 Å². The lowest BCUT2D eigenvalue weighted by molar-refractivity contribution is 0.0474. The molecule has 1 aromatic heterocycles. The second-order valence-corrected chi connectivity index (χ2v) is 9.66. The van der Waals surface area contributed by atoms with E-state index in [0.29, 0.717) is 12.1 Å².